The van der Waals surface area contributed by atoms with Crippen molar-refractivity contribution in [2.24, 2.45) is 0 Å². The van der Waals surface area contributed by atoms with E-state index in [9.17, 15) is 23.1 Å². The zero-order valence-corrected chi connectivity index (χ0v) is 14.9. The van der Waals surface area contributed by atoms with E-state index in [0.29, 0.717) is 13.0 Å². The van der Waals surface area contributed by atoms with E-state index in [2.05, 4.69) is 15.5 Å². The van der Waals surface area contributed by atoms with Gasteiger partial charge in [-0.05, 0) is 37.7 Å². The van der Waals surface area contributed by atoms with Gasteiger partial charge in [0.25, 0.3) is 0 Å². The lowest BCUT2D eigenvalue weighted by atomic mass is 10.2. The summed E-state index contributed by atoms with van der Waals surface area (Å²) in [4.78, 5) is 14.1. The first-order valence-electron chi connectivity index (χ1n) is 7.98. The van der Waals surface area contributed by atoms with Crippen molar-refractivity contribution in [1.82, 2.24) is 10.2 Å². The molecule has 142 valence electrons. The molecular formula is C16H23ClF3N3O2. The highest BCUT2D eigenvalue weighted by Crippen LogP contribution is 2.36. The molecule has 1 aromatic rings. The normalized spacial score (nSPS) is 13.0. The van der Waals surface area contributed by atoms with Gasteiger partial charge in [-0.1, -0.05) is 25.4 Å². The van der Waals surface area contributed by atoms with Gasteiger partial charge in [-0.3, -0.25) is 0 Å². The Labute approximate surface area is 150 Å². The van der Waals surface area contributed by atoms with Gasteiger partial charge in [0.15, 0.2) is 0 Å². The van der Waals surface area contributed by atoms with Crippen LogP contribution in [0.3, 0.4) is 0 Å². The van der Waals surface area contributed by atoms with Crippen molar-refractivity contribution in [3.8, 4) is 0 Å². The monoisotopic (exact) mass is 381 g/mol. The third kappa shape index (κ3) is 7.09. The number of carbonyl (C=O) groups is 1. The van der Waals surface area contributed by atoms with Crippen molar-refractivity contribution in [1.29, 1.82) is 0 Å². The quantitative estimate of drug-likeness (QED) is 0.645. The topological polar surface area (TPSA) is 64.6 Å². The van der Waals surface area contributed by atoms with Crippen LogP contribution in [0.2, 0.25) is 5.02 Å². The van der Waals surface area contributed by atoms with Crippen LogP contribution < -0.4 is 10.6 Å². The molecule has 1 unspecified atom stereocenters. The molecule has 0 fully saturated rings. The standard InChI is InChI=1S/C16H23ClF3N3O2/c1-3-23(4-2)8-7-12(10-24)22-15(25)21-11-5-6-14(17)13(9-11)16(18,19)20/h5-6,9,12,24H,3-4,7-8,10H2,1-2H3,(H2,21,22,25). The summed E-state index contributed by atoms with van der Waals surface area (Å²) in [6.07, 6.45) is -4.08. The summed E-state index contributed by atoms with van der Waals surface area (Å²) in [6, 6.07) is 1.94. The van der Waals surface area contributed by atoms with Crippen molar-refractivity contribution in [3.05, 3.63) is 28.8 Å². The predicted molar refractivity (Wildman–Crippen MR) is 91.9 cm³/mol. The van der Waals surface area contributed by atoms with Crippen molar-refractivity contribution in [3.63, 3.8) is 0 Å². The van der Waals surface area contributed by atoms with Crippen molar-refractivity contribution in [2.75, 3.05) is 31.6 Å². The number of rotatable bonds is 8. The first-order valence-corrected chi connectivity index (χ1v) is 8.36. The SMILES string of the molecule is CCN(CC)CCC(CO)NC(=O)Nc1ccc(Cl)c(C(F)(F)F)c1. The van der Waals surface area contributed by atoms with Gasteiger partial charge in [0.2, 0.25) is 0 Å². The predicted octanol–water partition coefficient (Wildman–Crippen LogP) is 3.57. The number of anilines is 1. The van der Waals surface area contributed by atoms with Gasteiger partial charge in [0.1, 0.15) is 0 Å². The molecule has 0 aromatic heterocycles. The Bertz CT molecular complexity index is 566. The molecule has 0 bridgehead atoms. The summed E-state index contributed by atoms with van der Waals surface area (Å²) in [5, 5.41) is 13.8. The van der Waals surface area contributed by atoms with E-state index in [1.165, 1.54) is 6.07 Å². The molecule has 1 atom stereocenters. The molecule has 0 radical (unpaired) electrons. The first-order chi connectivity index (χ1) is 11.7. The summed E-state index contributed by atoms with van der Waals surface area (Å²) in [5.74, 6) is 0. The van der Waals surface area contributed by atoms with E-state index in [1.54, 1.807) is 0 Å². The van der Waals surface area contributed by atoms with E-state index >= 15 is 0 Å². The molecule has 0 aliphatic rings. The summed E-state index contributed by atoms with van der Waals surface area (Å²) in [6.45, 7) is 6.16. The van der Waals surface area contributed by atoms with Crippen LogP contribution >= 0.6 is 11.6 Å². The van der Waals surface area contributed by atoms with E-state index < -0.39 is 28.8 Å². The zero-order chi connectivity index (χ0) is 19.0. The van der Waals surface area contributed by atoms with E-state index in [1.807, 2.05) is 13.8 Å². The lowest BCUT2D eigenvalue weighted by Crippen LogP contribution is -2.42. The second-order valence-electron chi connectivity index (χ2n) is 5.49. The van der Waals surface area contributed by atoms with Crippen LogP contribution in [0.25, 0.3) is 0 Å². The third-order valence-corrected chi connectivity index (χ3v) is 4.10. The maximum atomic E-state index is 12.8. The fourth-order valence-corrected chi connectivity index (χ4v) is 2.48. The molecule has 0 aliphatic heterocycles. The minimum absolute atomic E-state index is 0.0327. The smallest absolute Gasteiger partial charge is 0.394 e. The molecule has 0 saturated heterocycles. The fraction of sp³-hybridized carbons (Fsp3) is 0.562. The van der Waals surface area contributed by atoms with Gasteiger partial charge in [-0.15, -0.1) is 0 Å². The number of amides is 2. The fourth-order valence-electron chi connectivity index (χ4n) is 2.26. The lowest BCUT2D eigenvalue weighted by molar-refractivity contribution is -0.137. The highest BCUT2D eigenvalue weighted by molar-refractivity contribution is 6.31. The second kappa shape index (κ2) is 9.84. The van der Waals surface area contributed by atoms with Crippen LogP contribution in [0.4, 0.5) is 23.7 Å². The largest absolute Gasteiger partial charge is 0.417 e. The molecule has 5 nitrogen and oxygen atoms in total. The van der Waals surface area contributed by atoms with Crippen molar-refractivity contribution < 1.29 is 23.1 Å². The Kier molecular flexibility index (Phi) is 8.47. The number of hydrogen-bond acceptors (Lipinski definition) is 3. The van der Waals surface area contributed by atoms with E-state index in [4.69, 9.17) is 11.6 Å². The van der Waals surface area contributed by atoms with Crippen LogP contribution in [0.1, 0.15) is 25.8 Å². The number of alkyl halides is 3. The molecule has 0 saturated carbocycles. The van der Waals surface area contributed by atoms with Gasteiger partial charge in [0.05, 0.1) is 23.2 Å². The number of aliphatic hydroxyl groups excluding tert-OH is 1. The van der Waals surface area contributed by atoms with Gasteiger partial charge >= 0.3 is 12.2 Å². The lowest BCUT2D eigenvalue weighted by Gasteiger charge is -2.22. The van der Waals surface area contributed by atoms with Gasteiger partial charge < -0.3 is 20.6 Å². The highest BCUT2D eigenvalue weighted by atomic mass is 35.5. The van der Waals surface area contributed by atoms with Crippen LogP contribution in [-0.2, 0) is 6.18 Å². The third-order valence-electron chi connectivity index (χ3n) is 3.77. The molecule has 3 N–H and O–H groups in total. The Hall–Kier alpha value is -1.51. The number of halogens is 4. The number of nitrogens with one attached hydrogen (secondary N) is 2. The second-order valence-corrected chi connectivity index (χ2v) is 5.89. The van der Waals surface area contributed by atoms with E-state index in [0.717, 1.165) is 25.2 Å². The minimum atomic E-state index is -4.61. The molecule has 0 heterocycles. The first kappa shape index (κ1) is 21.5. The molecule has 0 spiro atoms. The number of nitrogens with zero attached hydrogens (tertiary/aromatic N) is 1. The Morgan fingerprint density at radius 2 is 1.96 bits per heavy atom. The summed E-state index contributed by atoms with van der Waals surface area (Å²) in [5.41, 5.74) is -1.05. The van der Waals surface area contributed by atoms with Crippen molar-refractivity contribution >= 4 is 23.3 Å². The summed E-state index contributed by atoms with van der Waals surface area (Å²) in [7, 11) is 0. The van der Waals surface area contributed by atoms with Crippen molar-refractivity contribution in [2.45, 2.75) is 32.5 Å². The van der Waals surface area contributed by atoms with Gasteiger partial charge in [-0.25, -0.2) is 4.79 Å². The number of carbonyl (C=O) groups excluding carboxylic acids is 1. The molecular weight excluding hydrogens is 359 g/mol. The number of hydrogen-bond donors (Lipinski definition) is 3. The van der Waals surface area contributed by atoms with Crippen LogP contribution in [0.5, 0.6) is 0 Å². The molecule has 25 heavy (non-hydrogen) atoms. The van der Waals surface area contributed by atoms with Gasteiger partial charge in [-0.2, -0.15) is 13.2 Å². The maximum absolute atomic E-state index is 12.8. The number of aliphatic hydroxyl groups is 1. The number of urea groups is 1. The Balaban J connectivity index is 2.66. The molecule has 9 heteroatoms. The van der Waals surface area contributed by atoms with Crippen LogP contribution in [0.15, 0.2) is 18.2 Å². The maximum Gasteiger partial charge on any atom is 0.417 e. The molecule has 1 aromatic carbocycles. The highest BCUT2D eigenvalue weighted by Gasteiger charge is 2.33. The van der Waals surface area contributed by atoms with Crippen LogP contribution in [-0.4, -0.2) is 48.3 Å². The van der Waals surface area contributed by atoms with Gasteiger partial charge in [0, 0.05) is 12.2 Å². The zero-order valence-electron chi connectivity index (χ0n) is 14.2. The molecule has 1 rings (SSSR count). The average Bonchev–Trinajstić information content (AvgIpc) is 2.55. The summed E-state index contributed by atoms with van der Waals surface area (Å²) >= 11 is 5.54. The van der Waals surface area contributed by atoms with E-state index in [-0.39, 0.29) is 12.3 Å². The Morgan fingerprint density at radius 3 is 2.48 bits per heavy atom. The van der Waals surface area contributed by atoms with Crippen LogP contribution in [0, 0.1) is 0 Å². The average molecular weight is 382 g/mol. The Morgan fingerprint density at radius 1 is 1.32 bits per heavy atom. The molecule has 2 amide bonds. The molecule has 0 aliphatic carbocycles. The number of benzene rings is 1. The summed E-state index contributed by atoms with van der Waals surface area (Å²) < 4.78 is 38.5. The minimum Gasteiger partial charge on any atom is -0.394 e.